The van der Waals surface area contributed by atoms with Crippen LogP contribution in [0.25, 0.3) is 6.08 Å². The number of rotatable bonds is 5. The van der Waals surface area contributed by atoms with Crippen LogP contribution in [-0.4, -0.2) is 9.49 Å². The molecule has 1 heterocycles. The third kappa shape index (κ3) is 3.55. The topological polar surface area (TPSA) is 48.1 Å². The molecule has 4 heteroatoms. The monoisotopic (exact) mass is 256 g/mol. The number of aromatic nitrogens is 1. The normalized spacial score (nSPS) is 11.0. The molecule has 2 aromatic rings. The number of allylic oxidation sites excluding steroid dienone is 1. The Hall–Kier alpha value is -2.36. The Bertz CT molecular complexity index is 582. The van der Waals surface area contributed by atoms with Crippen LogP contribution in [0, 0.1) is 10.1 Å². The maximum atomic E-state index is 10.4. The smallest absolute Gasteiger partial charge is 0.228 e. The molecule has 0 amide bonds. The van der Waals surface area contributed by atoms with Gasteiger partial charge in [-0.25, -0.2) is 0 Å². The molecule has 0 saturated heterocycles. The van der Waals surface area contributed by atoms with Crippen LogP contribution in [0.15, 0.2) is 48.7 Å². The lowest BCUT2D eigenvalue weighted by Gasteiger charge is -2.07. The van der Waals surface area contributed by atoms with Crippen molar-refractivity contribution in [1.29, 1.82) is 0 Å². The fraction of sp³-hybridized carbons (Fsp3) is 0.200. The number of benzene rings is 1. The second-order valence-electron chi connectivity index (χ2n) is 4.37. The van der Waals surface area contributed by atoms with Crippen molar-refractivity contribution < 1.29 is 4.92 Å². The zero-order valence-electron chi connectivity index (χ0n) is 10.8. The van der Waals surface area contributed by atoms with Gasteiger partial charge in [-0.2, -0.15) is 0 Å². The summed E-state index contributed by atoms with van der Waals surface area (Å²) in [5, 5.41) is 10.4. The molecule has 0 fully saturated rings. The molecule has 0 radical (unpaired) electrons. The van der Waals surface area contributed by atoms with Crippen molar-refractivity contribution in [2.24, 2.45) is 0 Å². The first-order chi connectivity index (χ1) is 9.19. The summed E-state index contributed by atoms with van der Waals surface area (Å²) >= 11 is 0. The van der Waals surface area contributed by atoms with Gasteiger partial charge in [-0.05, 0) is 30.7 Å². The summed E-state index contributed by atoms with van der Waals surface area (Å²) in [6, 6.07) is 11.6. The third-order valence-electron chi connectivity index (χ3n) is 2.89. The number of nitro groups is 1. The van der Waals surface area contributed by atoms with Crippen LogP contribution >= 0.6 is 0 Å². The van der Waals surface area contributed by atoms with E-state index in [1.807, 2.05) is 49.5 Å². The highest BCUT2D eigenvalue weighted by Gasteiger charge is 2.02. The van der Waals surface area contributed by atoms with Gasteiger partial charge in [-0.15, -0.1) is 0 Å². The molecule has 1 aromatic heterocycles. The minimum atomic E-state index is -0.314. The molecule has 0 atom stereocenters. The fourth-order valence-corrected chi connectivity index (χ4v) is 1.99. The summed E-state index contributed by atoms with van der Waals surface area (Å²) in [6.45, 7) is 2.64. The summed E-state index contributed by atoms with van der Waals surface area (Å²) < 4.78 is 2.14. The lowest BCUT2D eigenvalue weighted by atomic mass is 10.1. The first-order valence-electron chi connectivity index (χ1n) is 6.16. The summed E-state index contributed by atoms with van der Waals surface area (Å²) in [7, 11) is 0. The minimum Gasteiger partial charge on any atom is -0.344 e. The molecule has 4 nitrogen and oxygen atoms in total. The summed E-state index contributed by atoms with van der Waals surface area (Å²) in [5.74, 6) is 0. The van der Waals surface area contributed by atoms with E-state index in [2.05, 4.69) is 16.7 Å². The van der Waals surface area contributed by atoms with Crippen molar-refractivity contribution in [2.45, 2.75) is 20.0 Å². The van der Waals surface area contributed by atoms with Gasteiger partial charge >= 0.3 is 0 Å². The largest absolute Gasteiger partial charge is 0.344 e. The molecular formula is C15H16N2O2. The molecule has 19 heavy (non-hydrogen) atoms. The van der Waals surface area contributed by atoms with Gasteiger partial charge in [0.2, 0.25) is 6.54 Å². The first-order valence-corrected chi connectivity index (χ1v) is 6.16. The van der Waals surface area contributed by atoms with E-state index in [1.165, 1.54) is 0 Å². The van der Waals surface area contributed by atoms with Crippen LogP contribution < -0.4 is 0 Å². The van der Waals surface area contributed by atoms with Crippen LogP contribution in [-0.2, 0) is 13.1 Å². The van der Waals surface area contributed by atoms with Gasteiger partial charge in [0.15, 0.2) is 0 Å². The molecule has 2 rings (SSSR count). The average Bonchev–Trinajstić information content (AvgIpc) is 2.79. The molecule has 0 aliphatic carbocycles. The van der Waals surface area contributed by atoms with Gasteiger partial charge < -0.3 is 4.57 Å². The SMILES string of the molecule is C/C=C/c1cccn1Cc1ccc(C[N+](=O)[O-])cc1. The second-order valence-corrected chi connectivity index (χ2v) is 4.37. The predicted molar refractivity (Wildman–Crippen MR) is 75.4 cm³/mol. The molecule has 0 N–H and O–H groups in total. The Kier molecular flexibility index (Phi) is 4.13. The van der Waals surface area contributed by atoms with E-state index in [-0.39, 0.29) is 11.5 Å². The Labute approximate surface area is 112 Å². The number of hydrogen-bond donors (Lipinski definition) is 0. The van der Waals surface area contributed by atoms with E-state index in [0.29, 0.717) is 0 Å². The Morgan fingerprint density at radius 1 is 1.21 bits per heavy atom. The molecule has 0 saturated carbocycles. The van der Waals surface area contributed by atoms with E-state index in [1.54, 1.807) is 0 Å². The fourth-order valence-electron chi connectivity index (χ4n) is 1.99. The maximum absolute atomic E-state index is 10.4. The third-order valence-corrected chi connectivity index (χ3v) is 2.89. The molecule has 0 aliphatic heterocycles. The lowest BCUT2D eigenvalue weighted by Crippen LogP contribution is -2.01. The van der Waals surface area contributed by atoms with E-state index in [4.69, 9.17) is 0 Å². The standard InChI is InChI=1S/C15H16N2O2/c1-2-4-15-5-3-10-16(15)11-13-6-8-14(9-7-13)12-17(18)19/h2-10H,11-12H2,1H3/b4-2+. The van der Waals surface area contributed by atoms with Gasteiger partial charge in [0.05, 0.1) is 0 Å². The molecule has 0 spiro atoms. The molecule has 0 bridgehead atoms. The summed E-state index contributed by atoms with van der Waals surface area (Å²) in [6.07, 6.45) is 6.09. The van der Waals surface area contributed by atoms with Crippen LogP contribution in [0.2, 0.25) is 0 Å². The van der Waals surface area contributed by atoms with Crippen molar-refractivity contribution in [3.05, 3.63) is 75.6 Å². The van der Waals surface area contributed by atoms with E-state index < -0.39 is 0 Å². The van der Waals surface area contributed by atoms with Crippen molar-refractivity contribution in [1.82, 2.24) is 4.57 Å². The average molecular weight is 256 g/mol. The van der Waals surface area contributed by atoms with E-state index in [0.717, 1.165) is 23.4 Å². The molecular weight excluding hydrogens is 240 g/mol. The Balaban J connectivity index is 2.10. The number of nitrogens with zero attached hydrogens (tertiary/aromatic N) is 2. The molecule has 98 valence electrons. The highest BCUT2D eigenvalue weighted by molar-refractivity contribution is 5.45. The molecule has 1 aromatic carbocycles. The zero-order chi connectivity index (χ0) is 13.7. The maximum Gasteiger partial charge on any atom is 0.228 e. The van der Waals surface area contributed by atoms with Crippen molar-refractivity contribution in [2.75, 3.05) is 0 Å². The first kappa shape index (κ1) is 13.1. The summed E-state index contributed by atoms with van der Waals surface area (Å²) in [5.41, 5.74) is 3.01. The Morgan fingerprint density at radius 3 is 2.53 bits per heavy atom. The van der Waals surface area contributed by atoms with Gasteiger partial charge in [0.25, 0.3) is 0 Å². The highest BCUT2D eigenvalue weighted by atomic mass is 16.6. The second kappa shape index (κ2) is 6.00. The highest BCUT2D eigenvalue weighted by Crippen LogP contribution is 2.11. The molecule has 0 unspecified atom stereocenters. The van der Waals surface area contributed by atoms with Crippen LogP contribution in [0.5, 0.6) is 0 Å². The van der Waals surface area contributed by atoms with Gasteiger partial charge in [0, 0.05) is 28.9 Å². The molecule has 0 aliphatic rings. The van der Waals surface area contributed by atoms with E-state index >= 15 is 0 Å². The van der Waals surface area contributed by atoms with Crippen LogP contribution in [0.4, 0.5) is 0 Å². The zero-order valence-corrected chi connectivity index (χ0v) is 10.8. The predicted octanol–water partition coefficient (Wildman–Crippen LogP) is 3.35. The van der Waals surface area contributed by atoms with Gasteiger partial charge in [-0.1, -0.05) is 30.3 Å². The lowest BCUT2D eigenvalue weighted by molar-refractivity contribution is -0.496. The summed E-state index contributed by atoms with van der Waals surface area (Å²) in [4.78, 5) is 10.1. The quantitative estimate of drug-likeness (QED) is 0.608. The van der Waals surface area contributed by atoms with Crippen LogP contribution in [0.1, 0.15) is 23.7 Å². The Morgan fingerprint density at radius 2 is 1.89 bits per heavy atom. The number of hydrogen-bond acceptors (Lipinski definition) is 2. The van der Waals surface area contributed by atoms with Crippen molar-refractivity contribution in [3.8, 4) is 0 Å². The van der Waals surface area contributed by atoms with Crippen molar-refractivity contribution >= 4 is 6.08 Å². The van der Waals surface area contributed by atoms with Gasteiger partial charge in [0.1, 0.15) is 0 Å². The minimum absolute atomic E-state index is 0.117. The van der Waals surface area contributed by atoms with Crippen LogP contribution in [0.3, 0.4) is 0 Å². The van der Waals surface area contributed by atoms with E-state index in [9.17, 15) is 10.1 Å². The van der Waals surface area contributed by atoms with Crippen molar-refractivity contribution in [3.63, 3.8) is 0 Å². The van der Waals surface area contributed by atoms with Gasteiger partial charge in [-0.3, -0.25) is 10.1 Å².